The predicted molar refractivity (Wildman–Crippen MR) is 170 cm³/mol. The molecule has 15 heteroatoms. The third-order valence-electron chi connectivity index (χ3n) is 9.45. The highest BCUT2D eigenvalue weighted by Gasteiger charge is 2.59. The van der Waals surface area contributed by atoms with E-state index in [0.717, 1.165) is 24.9 Å². The van der Waals surface area contributed by atoms with Gasteiger partial charge in [-0.25, -0.2) is 0 Å². The molecular formula is C26H37B5N4O6. The molecule has 1 fully saturated rings. The molecule has 1 unspecified atom stereocenters. The van der Waals surface area contributed by atoms with Crippen LogP contribution in [-0.4, -0.2) is 116 Å². The number of ether oxygens (including phenoxy) is 1. The molecule has 2 aromatic rings. The molecule has 4 rings (SSSR count). The molecule has 4 N–H and O–H groups in total. The van der Waals surface area contributed by atoms with Crippen LogP contribution in [0.1, 0.15) is 27.0 Å². The van der Waals surface area contributed by atoms with E-state index >= 15 is 0 Å². The lowest BCUT2D eigenvalue weighted by atomic mass is 9.23. The molecule has 0 bridgehead atoms. The van der Waals surface area contributed by atoms with Crippen molar-refractivity contribution in [2.45, 2.75) is 34.9 Å². The molecule has 1 atom stereocenters. The first-order valence-electron chi connectivity index (χ1n) is 13.9. The molecule has 0 saturated carbocycles. The summed E-state index contributed by atoms with van der Waals surface area (Å²) >= 11 is 0. The van der Waals surface area contributed by atoms with Crippen LogP contribution in [0.5, 0.6) is 0 Å². The third kappa shape index (κ3) is 5.48. The molecule has 2 aliphatic heterocycles. The van der Waals surface area contributed by atoms with Gasteiger partial charge in [-0.3, -0.25) is 14.5 Å². The van der Waals surface area contributed by atoms with E-state index in [1.54, 1.807) is 59.9 Å². The molecule has 0 radical (unpaired) electrons. The highest BCUT2D eigenvalue weighted by molar-refractivity contribution is 6.63. The van der Waals surface area contributed by atoms with E-state index in [4.69, 9.17) is 4.74 Å². The summed E-state index contributed by atoms with van der Waals surface area (Å²) in [5.74, 6) is -3.21. The van der Waals surface area contributed by atoms with Crippen molar-refractivity contribution in [1.82, 2.24) is 15.1 Å². The van der Waals surface area contributed by atoms with Gasteiger partial charge in [0.15, 0.2) is 0 Å². The summed E-state index contributed by atoms with van der Waals surface area (Å²) in [5, 5.41) is 26.0. The van der Waals surface area contributed by atoms with E-state index in [2.05, 4.69) is 15.5 Å². The first kappa shape index (κ1) is 31.0. The maximum Gasteiger partial charge on any atom is 0.272 e. The number of benzene rings is 2. The van der Waals surface area contributed by atoms with Crippen molar-refractivity contribution in [2.24, 2.45) is 0 Å². The van der Waals surface area contributed by atoms with Gasteiger partial charge in [-0.1, -0.05) is 29.5 Å². The Morgan fingerprint density at radius 3 is 2.37 bits per heavy atom. The van der Waals surface area contributed by atoms with Gasteiger partial charge in [0.05, 0.1) is 18.7 Å². The molecule has 0 aliphatic carbocycles. The van der Waals surface area contributed by atoms with Crippen molar-refractivity contribution in [2.75, 3.05) is 38.7 Å². The fraction of sp³-hybridized carbons (Fsp3) is 0.423. The zero-order valence-electron chi connectivity index (χ0n) is 24.8. The van der Waals surface area contributed by atoms with E-state index in [1.807, 2.05) is 21.8 Å². The highest BCUT2D eigenvalue weighted by atomic mass is 16.5. The molecule has 0 aromatic heterocycles. The van der Waals surface area contributed by atoms with Crippen molar-refractivity contribution in [3.8, 4) is 0 Å². The maximum absolute atomic E-state index is 13.8. The van der Waals surface area contributed by atoms with Crippen molar-refractivity contribution in [1.29, 1.82) is 0 Å². The van der Waals surface area contributed by atoms with Gasteiger partial charge in [-0.2, -0.15) is 0 Å². The van der Waals surface area contributed by atoms with Gasteiger partial charge in [-0.05, 0) is 29.0 Å². The fourth-order valence-electron chi connectivity index (χ4n) is 5.74. The second-order valence-corrected chi connectivity index (χ2v) is 12.2. The number of hydrogen-bond donors (Lipinski definition) is 4. The molecule has 2 aliphatic rings. The molecule has 1 saturated heterocycles. The van der Waals surface area contributed by atoms with Crippen LogP contribution < -0.4 is 10.6 Å². The van der Waals surface area contributed by atoms with Crippen LogP contribution in [0.2, 0.25) is 10.4 Å². The molecule has 212 valence electrons. The van der Waals surface area contributed by atoms with Crippen molar-refractivity contribution in [3.05, 3.63) is 64.7 Å². The van der Waals surface area contributed by atoms with Crippen molar-refractivity contribution >= 4 is 63.0 Å². The monoisotopic (exact) mass is 556 g/mol. The summed E-state index contributed by atoms with van der Waals surface area (Å²) in [7, 11) is 10.3. The Morgan fingerprint density at radius 2 is 1.73 bits per heavy atom. The SMILES string of the molecule is BC(B)(C=O)C(B)(B)C(B)(C(=O)NC)N1Cc2c(NC(O)(O)c3cccc(CN4CCOCC4)c3)cccc2C1=O. The summed E-state index contributed by atoms with van der Waals surface area (Å²) in [6.07, 6.45) is 0.813. The number of fused-ring (bicyclic) bond motifs is 1. The van der Waals surface area contributed by atoms with E-state index in [9.17, 15) is 24.6 Å². The summed E-state index contributed by atoms with van der Waals surface area (Å²) in [6, 6.07) is 12.1. The topological polar surface area (TPSA) is 131 Å². The number of amides is 2. The summed E-state index contributed by atoms with van der Waals surface area (Å²) in [4.78, 5) is 43.2. The molecular weight excluding hydrogens is 518 g/mol. The minimum Gasteiger partial charge on any atom is -0.379 e. The van der Waals surface area contributed by atoms with Crippen LogP contribution >= 0.6 is 0 Å². The molecule has 41 heavy (non-hydrogen) atoms. The standard InChI is InChI=1S/C26H37B5N4O6/c1-32-22(38)24(29,26(30,31)23(27,28)15-36)35-14-19-18(21(35)37)6-3-7-20(19)33-25(39,40)17-5-2-4-16(12-17)13-34-8-10-41-11-9-34/h2-7,12,15,33,39-40H,8-11,13-14,27-31H2,1H3,(H,32,38). The number of aldehydes is 1. The van der Waals surface area contributed by atoms with Crippen LogP contribution in [-0.2, 0) is 33.3 Å². The first-order chi connectivity index (χ1) is 19.2. The Hall–Kier alpha value is -2.99. The largest absolute Gasteiger partial charge is 0.379 e. The quantitative estimate of drug-likeness (QED) is 0.132. The fourth-order valence-corrected chi connectivity index (χ4v) is 5.74. The summed E-state index contributed by atoms with van der Waals surface area (Å²) < 4.78 is 5.42. The number of rotatable bonds is 10. The van der Waals surface area contributed by atoms with Crippen LogP contribution in [0.15, 0.2) is 42.5 Å². The van der Waals surface area contributed by atoms with E-state index in [0.29, 0.717) is 36.6 Å². The lowest BCUT2D eigenvalue weighted by Crippen LogP contribution is -2.69. The number of carbonyl (C=O) groups excluding carboxylic acids is 3. The highest BCUT2D eigenvalue weighted by Crippen LogP contribution is 2.52. The zero-order chi connectivity index (χ0) is 30.2. The summed E-state index contributed by atoms with van der Waals surface area (Å²) in [5.41, 5.74) is 1.01. The summed E-state index contributed by atoms with van der Waals surface area (Å²) in [6.45, 7) is 3.64. The average Bonchev–Trinajstić information content (AvgIpc) is 3.30. The number of nitrogens with zero attached hydrogens (tertiary/aromatic N) is 2. The van der Waals surface area contributed by atoms with Crippen LogP contribution in [0.25, 0.3) is 0 Å². The average molecular weight is 556 g/mol. The molecule has 2 amide bonds. The van der Waals surface area contributed by atoms with Crippen LogP contribution in [0.3, 0.4) is 0 Å². The second-order valence-electron chi connectivity index (χ2n) is 12.2. The second kappa shape index (κ2) is 11.4. The zero-order valence-corrected chi connectivity index (χ0v) is 24.8. The Morgan fingerprint density at radius 1 is 1.07 bits per heavy atom. The maximum atomic E-state index is 13.8. The Balaban J connectivity index is 1.65. The Kier molecular flexibility index (Phi) is 8.58. The number of carbonyl (C=O) groups is 3. The van der Waals surface area contributed by atoms with E-state index in [1.165, 1.54) is 11.9 Å². The Labute approximate surface area is 245 Å². The van der Waals surface area contributed by atoms with Crippen molar-refractivity contribution in [3.63, 3.8) is 0 Å². The normalized spacial score (nSPS) is 17.9. The van der Waals surface area contributed by atoms with Crippen LogP contribution in [0, 0.1) is 0 Å². The van der Waals surface area contributed by atoms with Gasteiger partial charge in [0.2, 0.25) is 5.91 Å². The number of aliphatic hydroxyl groups is 2. The lowest BCUT2D eigenvalue weighted by Gasteiger charge is -2.55. The van der Waals surface area contributed by atoms with Gasteiger partial charge in [0, 0.05) is 55.6 Å². The molecule has 2 aromatic carbocycles. The van der Waals surface area contributed by atoms with Crippen LogP contribution in [0.4, 0.5) is 5.69 Å². The molecule has 10 nitrogen and oxygen atoms in total. The van der Waals surface area contributed by atoms with Gasteiger partial charge in [-0.15, -0.1) is 0 Å². The van der Waals surface area contributed by atoms with E-state index in [-0.39, 0.29) is 18.0 Å². The third-order valence-corrected chi connectivity index (χ3v) is 9.45. The number of nitrogens with one attached hydrogen (secondary N) is 2. The van der Waals surface area contributed by atoms with E-state index < -0.39 is 27.7 Å². The number of likely N-dealkylation sites (N-methyl/N-ethyl adjacent to an activating group) is 1. The minimum atomic E-state index is -2.44. The van der Waals surface area contributed by atoms with Gasteiger partial charge >= 0.3 is 0 Å². The Bertz CT molecular complexity index is 1340. The van der Waals surface area contributed by atoms with Crippen molar-refractivity contribution < 1.29 is 29.3 Å². The van der Waals surface area contributed by atoms with Gasteiger partial charge in [0.1, 0.15) is 45.5 Å². The first-order valence-corrected chi connectivity index (χ1v) is 13.9. The number of hydrogen-bond acceptors (Lipinski definition) is 8. The number of anilines is 1. The minimum absolute atomic E-state index is 0.0345. The lowest BCUT2D eigenvalue weighted by molar-refractivity contribution is -0.143. The molecule has 2 heterocycles. The number of morpholine rings is 1. The predicted octanol–water partition coefficient (Wildman–Crippen LogP) is -4.28. The molecule has 0 spiro atoms. The van der Waals surface area contributed by atoms with Gasteiger partial charge < -0.3 is 35.3 Å². The smallest absolute Gasteiger partial charge is 0.272 e. The van der Waals surface area contributed by atoms with Gasteiger partial charge in [0.25, 0.3) is 11.8 Å².